The molecule has 4 fully saturated rings. The van der Waals surface area contributed by atoms with Crippen molar-refractivity contribution >= 4 is 68.4 Å². The number of anilines is 4. The van der Waals surface area contributed by atoms with E-state index >= 15 is 22.0 Å². The number of hydrogen-bond donors (Lipinski definition) is 3. The Morgan fingerprint density at radius 2 is 1.74 bits per heavy atom. The number of imide groups is 1. The summed E-state index contributed by atoms with van der Waals surface area (Å²) in [6, 6.07) is 2.67. The van der Waals surface area contributed by atoms with Gasteiger partial charge in [0.15, 0.2) is 18.2 Å². The third-order valence-electron chi connectivity index (χ3n) is 14.5. The van der Waals surface area contributed by atoms with Gasteiger partial charge in [0.1, 0.15) is 22.2 Å². The summed E-state index contributed by atoms with van der Waals surface area (Å²) in [5.41, 5.74) is 0.0835. The number of pyridine rings is 1. The number of alkyl halides is 2. The SMILES string of the molecule is C[C@@H]1CN(c2ncc(Cl)c(Nc3cc4c5c(c(=O)n(C)c4cc3F)OCC(F)(F)C(C3CC3)N5)n2)CCC1CCN1CCC(c2c(F)cc3c(C4CCC(=O)NC4=O)nn(C)c3c2F)CC1. The van der Waals surface area contributed by atoms with E-state index in [1.54, 1.807) is 7.05 Å². The highest BCUT2D eigenvalue weighted by Crippen LogP contribution is 2.46. The number of likely N-dealkylation sites (tertiary alicyclic amines) is 1. The van der Waals surface area contributed by atoms with Crippen LogP contribution < -0.4 is 31.1 Å². The van der Waals surface area contributed by atoms with Gasteiger partial charge in [0.25, 0.3) is 5.56 Å². The summed E-state index contributed by atoms with van der Waals surface area (Å²) < 4.78 is 86.2. The van der Waals surface area contributed by atoms with E-state index in [0.29, 0.717) is 69.1 Å². The summed E-state index contributed by atoms with van der Waals surface area (Å²) >= 11 is 6.57. The van der Waals surface area contributed by atoms with E-state index in [4.69, 9.17) is 21.3 Å². The van der Waals surface area contributed by atoms with Gasteiger partial charge >= 0.3 is 5.92 Å². The average molecular weight is 937 g/mol. The Labute approximate surface area is 381 Å². The summed E-state index contributed by atoms with van der Waals surface area (Å²) in [6.07, 6.45) is 6.04. The monoisotopic (exact) mass is 936 g/mol. The Balaban J connectivity index is 0.776. The summed E-state index contributed by atoms with van der Waals surface area (Å²) in [5.74, 6) is -6.50. The Bertz CT molecular complexity index is 2850. The molecule has 10 rings (SSSR count). The number of halogens is 6. The molecule has 0 radical (unpaired) electrons. The summed E-state index contributed by atoms with van der Waals surface area (Å²) in [4.78, 5) is 51.2. The lowest BCUT2D eigenvalue weighted by Gasteiger charge is -2.39. The van der Waals surface area contributed by atoms with Crippen LogP contribution in [0.5, 0.6) is 5.75 Å². The highest BCUT2D eigenvalue weighted by atomic mass is 35.5. The molecule has 1 aliphatic carbocycles. The van der Waals surface area contributed by atoms with Gasteiger partial charge in [0, 0.05) is 56.0 Å². The van der Waals surface area contributed by atoms with Crippen molar-refractivity contribution in [2.24, 2.45) is 31.8 Å². The van der Waals surface area contributed by atoms with Crippen LogP contribution in [0.2, 0.25) is 5.02 Å². The Hall–Kier alpha value is -5.56. The Kier molecular flexibility index (Phi) is 11.4. The van der Waals surface area contributed by atoms with Gasteiger partial charge in [-0.1, -0.05) is 18.5 Å². The largest absolute Gasteiger partial charge is 0.480 e. The number of rotatable bonds is 9. The number of carbonyl (C=O) groups excluding carboxylic acids is 2. The molecule has 2 amide bonds. The summed E-state index contributed by atoms with van der Waals surface area (Å²) in [7, 11) is 3.02. The van der Waals surface area contributed by atoms with Crippen LogP contribution in [0.15, 0.2) is 29.2 Å². The number of fused-ring (bicyclic) bond motifs is 4. The predicted octanol–water partition coefficient (Wildman–Crippen LogP) is 7.50. The maximum atomic E-state index is 16.2. The van der Waals surface area contributed by atoms with Gasteiger partial charge in [0.2, 0.25) is 23.5 Å². The molecule has 20 heteroatoms. The zero-order valence-electron chi connectivity index (χ0n) is 36.7. The molecule has 0 spiro atoms. The van der Waals surface area contributed by atoms with Crippen LogP contribution in [-0.4, -0.2) is 92.3 Å². The molecule has 3 saturated heterocycles. The fraction of sp³-hybridized carbons (Fsp3) is 0.522. The zero-order valence-corrected chi connectivity index (χ0v) is 37.5. The fourth-order valence-electron chi connectivity index (χ4n) is 10.6. The molecule has 66 heavy (non-hydrogen) atoms. The smallest absolute Gasteiger partial charge is 0.301 e. The molecule has 4 aliphatic heterocycles. The molecule has 2 aromatic carbocycles. The maximum Gasteiger partial charge on any atom is 0.301 e. The van der Waals surface area contributed by atoms with Gasteiger partial charge < -0.3 is 29.7 Å². The molecule has 5 aliphatic rings. The number of aryl methyl sites for hydroxylation is 2. The lowest BCUT2D eigenvalue weighted by Crippen LogP contribution is -2.44. The molecule has 3 N–H and O–H groups in total. The molecule has 5 aromatic rings. The van der Waals surface area contributed by atoms with Crippen LogP contribution in [0, 0.1) is 35.2 Å². The van der Waals surface area contributed by atoms with Crippen molar-refractivity contribution in [3.05, 3.63) is 68.5 Å². The van der Waals surface area contributed by atoms with Gasteiger partial charge in [-0.3, -0.25) is 24.4 Å². The highest BCUT2D eigenvalue weighted by molar-refractivity contribution is 6.33. The summed E-state index contributed by atoms with van der Waals surface area (Å²) in [6.45, 7) is 4.79. The Morgan fingerprint density at radius 1 is 0.970 bits per heavy atom. The number of aromatic nitrogens is 5. The highest BCUT2D eigenvalue weighted by Gasteiger charge is 2.51. The van der Waals surface area contributed by atoms with E-state index in [1.165, 1.54) is 40.7 Å². The minimum absolute atomic E-state index is 0.0304. The van der Waals surface area contributed by atoms with Gasteiger partial charge in [-0.05, 0) is 100 Å². The van der Waals surface area contributed by atoms with Gasteiger partial charge in [0.05, 0.1) is 40.7 Å². The second kappa shape index (κ2) is 16.9. The molecule has 7 heterocycles. The summed E-state index contributed by atoms with van der Waals surface area (Å²) in [5, 5.41) is 13.3. The van der Waals surface area contributed by atoms with Crippen molar-refractivity contribution in [1.29, 1.82) is 0 Å². The lowest BCUT2D eigenvalue weighted by molar-refractivity contribution is -0.134. The first-order chi connectivity index (χ1) is 31.6. The van der Waals surface area contributed by atoms with Crippen molar-refractivity contribution in [2.75, 3.05) is 54.9 Å². The number of nitrogens with zero attached hydrogens (tertiary/aromatic N) is 7. The van der Waals surface area contributed by atoms with E-state index in [9.17, 15) is 14.4 Å². The molecule has 350 valence electrons. The molecular weight excluding hydrogens is 887 g/mol. The topological polar surface area (TPSA) is 152 Å². The van der Waals surface area contributed by atoms with Crippen LogP contribution in [0.3, 0.4) is 0 Å². The normalized spacial score (nSPS) is 23.9. The molecule has 1 saturated carbocycles. The van der Waals surface area contributed by atoms with Crippen LogP contribution in [0.4, 0.5) is 45.1 Å². The van der Waals surface area contributed by atoms with E-state index in [1.807, 2.05) is 0 Å². The third kappa shape index (κ3) is 7.98. The van der Waals surface area contributed by atoms with E-state index in [-0.39, 0.29) is 92.1 Å². The van der Waals surface area contributed by atoms with Crippen molar-refractivity contribution < 1.29 is 36.3 Å². The third-order valence-corrected chi connectivity index (χ3v) is 14.8. The van der Waals surface area contributed by atoms with Crippen LogP contribution in [-0.2, 0) is 23.7 Å². The fourth-order valence-corrected chi connectivity index (χ4v) is 10.8. The number of benzene rings is 2. The van der Waals surface area contributed by atoms with Crippen molar-refractivity contribution in [2.45, 2.75) is 82.1 Å². The predicted molar refractivity (Wildman–Crippen MR) is 238 cm³/mol. The van der Waals surface area contributed by atoms with Crippen LogP contribution >= 0.6 is 11.6 Å². The van der Waals surface area contributed by atoms with Gasteiger partial charge in [-0.2, -0.15) is 10.1 Å². The standard InChI is InChI=1S/C46H50ClF5N10O4/c1-22-20-62(15-11-23(22)8-12-61-13-9-24(10-14-61)35-31(49)16-28-37(58-60(3)39(28)36(35)50)26-6-7-34(63)55-43(26)64)45-53-19-29(47)42(57-45)54-32-17-27-33(18-30(32)48)59(2)44(65)40-38(27)56-41(25-4-5-25)46(51,52)21-66-40/h16-19,22-26,41,56H,4-15,20-21H2,1-3H3,(H,53,54,57)(H,55,63,64)/t22-,23?,26?,41?/m1/s1. The maximum absolute atomic E-state index is 16.2. The van der Waals surface area contributed by atoms with Crippen LogP contribution in [0.25, 0.3) is 21.8 Å². The number of carbonyl (C=O) groups is 2. The molecule has 0 bridgehead atoms. The minimum atomic E-state index is -3.23. The second-order valence-corrected chi connectivity index (χ2v) is 19.2. The number of nitrogens with one attached hydrogen (secondary N) is 3. The average Bonchev–Trinajstić information content (AvgIpc) is 4.08. The van der Waals surface area contributed by atoms with Crippen molar-refractivity contribution in [3.8, 4) is 5.75 Å². The van der Waals surface area contributed by atoms with E-state index < -0.39 is 53.4 Å². The minimum Gasteiger partial charge on any atom is -0.480 e. The van der Waals surface area contributed by atoms with Crippen LogP contribution in [0.1, 0.15) is 81.4 Å². The number of ether oxygens (including phenoxy) is 1. The van der Waals surface area contributed by atoms with Crippen molar-refractivity contribution in [1.82, 2.24) is 34.5 Å². The van der Waals surface area contributed by atoms with Gasteiger partial charge in [-0.15, -0.1) is 0 Å². The van der Waals surface area contributed by atoms with Crippen molar-refractivity contribution in [3.63, 3.8) is 0 Å². The number of piperidine rings is 3. The quantitative estimate of drug-likeness (QED) is 0.0996. The molecule has 4 atom stereocenters. The molecule has 3 aromatic heterocycles. The second-order valence-electron chi connectivity index (χ2n) is 18.8. The van der Waals surface area contributed by atoms with E-state index in [0.717, 1.165) is 19.4 Å². The first-order valence-corrected chi connectivity index (χ1v) is 23.0. The molecular formula is C46H50ClF5N10O4. The number of amides is 2. The first kappa shape index (κ1) is 44.3. The number of hydrogen-bond acceptors (Lipinski definition) is 11. The van der Waals surface area contributed by atoms with Gasteiger partial charge in [-0.25, -0.2) is 26.9 Å². The lowest BCUT2D eigenvalue weighted by atomic mass is 9.83. The first-order valence-electron chi connectivity index (χ1n) is 22.6. The van der Waals surface area contributed by atoms with E-state index in [2.05, 4.69) is 42.8 Å². The Morgan fingerprint density at radius 3 is 2.47 bits per heavy atom. The zero-order chi connectivity index (χ0) is 46.3. The molecule has 3 unspecified atom stereocenters. The molecule has 14 nitrogen and oxygen atoms in total.